The molecule has 2 N–H and O–H groups in total. The Morgan fingerprint density at radius 2 is 2.33 bits per heavy atom. The number of phenolic OH excluding ortho intramolecular Hbond substituents is 1. The molecule has 1 aromatic carbocycles. The monoisotopic (exact) mass is 326 g/mol. The standard InChI is InChI=1S/C12H11BrN2O2S/c13-8-1-2-11(16)10(5-8)12(17)14-4-3-9-6-18-7-15-9/h1-2,5-7,16H,3-4H2,(H,14,17). The van der Waals surface area contributed by atoms with Gasteiger partial charge in [0.2, 0.25) is 0 Å². The second-order valence-electron chi connectivity index (χ2n) is 3.65. The van der Waals surface area contributed by atoms with E-state index in [0.717, 1.165) is 10.2 Å². The van der Waals surface area contributed by atoms with Crippen molar-refractivity contribution in [1.82, 2.24) is 10.3 Å². The van der Waals surface area contributed by atoms with Crippen LogP contribution in [0.3, 0.4) is 0 Å². The normalized spacial score (nSPS) is 10.3. The van der Waals surface area contributed by atoms with Crippen LogP contribution >= 0.6 is 27.3 Å². The van der Waals surface area contributed by atoms with Gasteiger partial charge < -0.3 is 10.4 Å². The van der Waals surface area contributed by atoms with Crippen LogP contribution < -0.4 is 5.32 Å². The largest absolute Gasteiger partial charge is 0.507 e. The van der Waals surface area contributed by atoms with E-state index in [2.05, 4.69) is 26.2 Å². The fraction of sp³-hybridized carbons (Fsp3) is 0.167. The molecule has 1 aromatic heterocycles. The summed E-state index contributed by atoms with van der Waals surface area (Å²) in [5.41, 5.74) is 2.98. The predicted octanol–water partition coefficient (Wildman–Crippen LogP) is 2.58. The summed E-state index contributed by atoms with van der Waals surface area (Å²) in [7, 11) is 0. The Bertz CT molecular complexity index is 543. The molecule has 0 radical (unpaired) electrons. The average Bonchev–Trinajstić information content (AvgIpc) is 2.85. The van der Waals surface area contributed by atoms with Gasteiger partial charge in [-0.2, -0.15) is 0 Å². The minimum absolute atomic E-state index is 0.0237. The molecule has 94 valence electrons. The predicted molar refractivity (Wildman–Crippen MR) is 74.0 cm³/mol. The van der Waals surface area contributed by atoms with Crippen LogP contribution in [0.25, 0.3) is 0 Å². The second kappa shape index (κ2) is 5.97. The van der Waals surface area contributed by atoms with Crippen molar-refractivity contribution in [2.24, 2.45) is 0 Å². The molecule has 0 unspecified atom stereocenters. The van der Waals surface area contributed by atoms with Crippen molar-refractivity contribution in [2.45, 2.75) is 6.42 Å². The maximum absolute atomic E-state index is 11.8. The second-order valence-corrected chi connectivity index (χ2v) is 5.28. The zero-order chi connectivity index (χ0) is 13.0. The van der Waals surface area contributed by atoms with Crippen molar-refractivity contribution < 1.29 is 9.90 Å². The van der Waals surface area contributed by atoms with Gasteiger partial charge in [-0.25, -0.2) is 4.98 Å². The van der Waals surface area contributed by atoms with Gasteiger partial charge in [-0.3, -0.25) is 4.79 Å². The molecule has 2 rings (SSSR count). The first-order valence-electron chi connectivity index (χ1n) is 5.30. The number of rotatable bonds is 4. The summed E-state index contributed by atoms with van der Waals surface area (Å²) in [6.45, 7) is 0.495. The van der Waals surface area contributed by atoms with Crippen LogP contribution in [-0.4, -0.2) is 22.5 Å². The molecular formula is C12H11BrN2O2S. The topological polar surface area (TPSA) is 62.2 Å². The molecular weight excluding hydrogens is 316 g/mol. The Labute approximate surface area is 117 Å². The lowest BCUT2D eigenvalue weighted by molar-refractivity contribution is 0.0951. The van der Waals surface area contributed by atoms with Gasteiger partial charge in [0.15, 0.2) is 0 Å². The number of hydrogen-bond acceptors (Lipinski definition) is 4. The zero-order valence-electron chi connectivity index (χ0n) is 9.39. The van der Waals surface area contributed by atoms with Gasteiger partial charge in [0.1, 0.15) is 5.75 Å². The summed E-state index contributed by atoms with van der Waals surface area (Å²) in [4.78, 5) is 16.0. The van der Waals surface area contributed by atoms with Crippen molar-refractivity contribution in [2.75, 3.05) is 6.54 Å². The van der Waals surface area contributed by atoms with Crippen molar-refractivity contribution in [1.29, 1.82) is 0 Å². The Balaban J connectivity index is 1.93. The summed E-state index contributed by atoms with van der Waals surface area (Å²) >= 11 is 4.79. The average molecular weight is 327 g/mol. The summed E-state index contributed by atoms with van der Waals surface area (Å²) in [5.74, 6) is -0.312. The number of benzene rings is 1. The first kappa shape index (κ1) is 13.0. The van der Waals surface area contributed by atoms with Gasteiger partial charge in [0.25, 0.3) is 5.91 Å². The molecule has 0 saturated heterocycles. The fourth-order valence-electron chi connectivity index (χ4n) is 1.45. The van der Waals surface area contributed by atoms with Crippen LogP contribution in [0, 0.1) is 0 Å². The minimum Gasteiger partial charge on any atom is -0.507 e. The first-order valence-corrected chi connectivity index (χ1v) is 7.04. The molecule has 1 heterocycles. The molecule has 0 saturated carbocycles. The van der Waals surface area contributed by atoms with Gasteiger partial charge >= 0.3 is 0 Å². The maximum Gasteiger partial charge on any atom is 0.255 e. The number of hydrogen-bond donors (Lipinski definition) is 2. The van der Waals surface area contributed by atoms with Crippen LogP contribution in [0.15, 0.2) is 33.6 Å². The van der Waals surface area contributed by atoms with Gasteiger partial charge in [-0.05, 0) is 18.2 Å². The van der Waals surface area contributed by atoms with Crippen LogP contribution in [0.4, 0.5) is 0 Å². The van der Waals surface area contributed by atoms with E-state index >= 15 is 0 Å². The Kier molecular flexibility index (Phi) is 4.33. The van der Waals surface area contributed by atoms with E-state index in [0.29, 0.717) is 13.0 Å². The highest BCUT2D eigenvalue weighted by Crippen LogP contribution is 2.21. The zero-order valence-corrected chi connectivity index (χ0v) is 11.8. The molecule has 0 atom stereocenters. The Hall–Kier alpha value is -1.40. The number of amides is 1. The van der Waals surface area contributed by atoms with E-state index < -0.39 is 0 Å². The van der Waals surface area contributed by atoms with E-state index in [4.69, 9.17) is 0 Å². The van der Waals surface area contributed by atoms with Gasteiger partial charge in [-0.15, -0.1) is 11.3 Å². The number of carbonyl (C=O) groups excluding carboxylic acids is 1. The lowest BCUT2D eigenvalue weighted by atomic mass is 10.2. The van der Waals surface area contributed by atoms with Crippen LogP contribution in [-0.2, 0) is 6.42 Å². The van der Waals surface area contributed by atoms with Gasteiger partial charge in [-0.1, -0.05) is 15.9 Å². The number of phenols is 1. The molecule has 0 fully saturated rings. The van der Waals surface area contributed by atoms with Gasteiger partial charge in [0.05, 0.1) is 16.8 Å². The number of aromatic nitrogens is 1. The third kappa shape index (κ3) is 3.30. The molecule has 0 bridgehead atoms. The molecule has 6 heteroatoms. The van der Waals surface area contributed by atoms with E-state index in [1.165, 1.54) is 17.4 Å². The smallest absolute Gasteiger partial charge is 0.255 e. The minimum atomic E-state index is -0.288. The van der Waals surface area contributed by atoms with Crippen molar-refractivity contribution in [3.05, 3.63) is 44.8 Å². The van der Waals surface area contributed by atoms with E-state index in [-0.39, 0.29) is 17.2 Å². The lowest BCUT2D eigenvalue weighted by Crippen LogP contribution is -2.25. The number of thiazole rings is 1. The molecule has 0 spiro atoms. The van der Waals surface area contributed by atoms with Crippen molar-refractivity contribution >= 4 is 33.2 Å². The molecule has 4 nitrogen and oxygen atoms in total. The van der Waals surface area contributed by atoms with Crippen LogP contribution in [0.1, 0.15) is 16.1 Å². The van der Waals surface area contributed by atoms with E-state index in [1.807, 2.05) is 5.38 Å². The van der Waals surface area contributed by atoms with Gasteiger partial charge in [0, 0.05) is 22.8 Å². The summed E-state index contributed by atoms with van der Waals surface area (Å²) in [6, 6.07) is 4.76. The maximum atomic E-state index is 11.8. The van der Waals surface area contributed by atoms with Crippen molar-refractivity contribution in [3.63, 3.8) is 0 Å². The molecule has 0 aliphatic heterocycles. The molecule has 1 amide bonds. The highest BCUT2D eigenvalue weighted by atomic mass is 79.9. The molecule has 0 aliphatic rings. The number of nitrogens with one attached hydrogen (secondary N) is 1. The fourth-order valence-corrected chi connectivity index (χ4v) is 2.40. The molecule has 2 aromatic rings. The number of nitrogens with zero attached hydrogens (tertiary/aromatic N) is 1. The number of carbonyl (C=O) groups is 1. The van der Waals surface area contributed by atoms with E-state index in [1.54, 1.807) is 17.6 Å². The molecule has 0 aliphatic carbocycles. The number of aromatic hydroxyl groups is 1. The Morgan fingerprint density at radius 1 is 1.50 bits per heavy atom. The quantitative estimate of drug-likeness (QED) is 0.907. The lowest BCUT2D eigenvalue weighted by Gasteiger charge is -2.06. The highest BCUT2D eigenvalue weighted by molar-refractivity contribution is 9.10. The Morgan fingerprint density at radius 3 is 3.06 bits per heavy atom. The molecule has 18 heavy (non-hydrogen) atoms. The third-order valence-electron chi connectivity index (χ3n) is 2.35. The summed E-state index contributed by atoms with van der Waals surface area (Å²) in [5, 5.41) is 14.3. The third-order valence-corrected chi connectivity index (χ3v) is 3.48. The SMILES string of the molecule is O=C(NCCc1cscn1)c1cc(Br)ccc1O. The summed E-state index contributed by atoms with van der Waals surface area (Å²) < 4.78 is 0.755. The van der Waals surface area contributed by atoms with Crippen LogP contribution in [0.2, 0.25) is 0 Å². The first-order chi connectivity index (χ1) is 8.66. The van der Waals surface area contributed by atoms with E-state index in [9.17, 15) is 9.90 Å². The van der Waals surface area contributed by atoms with Crippen LogP contribution in [0.5, 0.6) is 5.75 Å². The van der Waals surface area contributed by atoms with Crippen molar-refractivity contribution in [3.8, 4) is 5.75 Å². The summed E-state index contributed by atoms with van der Waals surface area (Å²) in [6.07, 6.45) is 0.685. The highest BCUT2D eigenvalue weighted by Gasteiger charge is 2.10. The number of halogens is 1.